The fourth-order valence-corrected chi connectivity index (χ4v) is 8.71. The van der Waals surface area contributed by atoms with E-state index in [1.54, 1.807) is 6.20 Å². The third-order valence-electron chi connectivity index (χ3n) is 10.7. The molecule has 7 rings (SSSR count). The second-order valence-electron chi connectivity index (χ2n) is 12.9. The van der Waals surface area contributed by atoms with Gasteiger partial charge < -0.3 is 19.6 Å². The number of rotatable bonds is 3. The molecule has 4 aliphatic carbocycles. The summed E-state index contributed by atoms with van der Waals surface area (Å²) in [5.74, 6) is 3.90. The molecule has 219 valence electrons. The second kappa shape index (κ2) is 14.1. The molecule has 3 aromatic rings. The minimum atomic E-state index is -0.232. The van der Waals surface area contributed by atoms with Crippen LogP contribution in [-0.4, -0.2) is 27.4 Å². The number of aliphatic hydroxyl groups excluding tert-OH is 2. The van der Waals surface area contributed by atoms with Crippen molar-refractivity contribution < 1.29 is 34.7 Å². The number of aromatic nitrogens is 1. The Labute approximate surface area is 253 Å². The first kappa shape index (κ1) is 30.0. The molecule has 4 aliphatic rings. The van der Waals surface area contributed by atoms with Gasteiger partial charge in [0.1, 0.15) is 0 Å². The predicted octanol–water partition coefficient (Wildman–Crippen LogP) is 8.21. The van der Waals surface area contributed by atoms with Gasteiger partial charge in [-0.2, -0.15) is 0 Å². The van der Waals surface area contributed by atoms with E-state index in [0.29, 0.717) is 23.5 Å². The molecule has 1 radical (unpaired) electrons. The Balaban J connectivity index is 0.000000174. The Bertz CT molecular complexity index is 1140. The molecular formula is C35H46IrNO3-. The third-order valence-corrected chi connectivity index (χ3v) is 10.7. The quantitative estimate of drug-likeness (QED) is 0.268. The average Bonchev–Trinajstić information content (AvgIpc) is 3.53. The molecule has 0 bridgehead atoms. The van der Waals surface area contributed by atoms with E-state index >= 15 is 0 Å². The Kier molecular flexibility index (Phi) is 10.6. The van der Waals surface area contributed by atoms with E-state index in [1.165, 1.54) is 89.9 Å². The van der Waals surface area contributed by atoms with Gasteiger partial charge in [-0.05, 0) is 54.9 Å². The first-order chi connectivity index (χ1) is 19.2. The van der Waals surface area contributed by atoms with Gasteiger partial charge in [-0.3, -0.25) is 0 Å². The number of fused-ring (bicyclic) bond motifs is 2. The molecule has 0 spiro atoms. The van der Waals surface area contributed by atoms with Crippen LogP contribution in [0.2, 0.25) is 0 Å². The monoisotopic (exact) mass is 721 g/mol. The van der Waals surface area contributed by atoms with Crippen LogP contribution in [0.4, 0.5) is 0 Å². The van der Waals surface area contributed by atoms with Gasteiger partial charge in [0.2, 0.25) is 0 Å². The Hall–Kier alpha value is -1.52. The van der Waals surface area contributed by atoms with Crippen LogP contribution in [0.1, 0.15) is 89.9 Å². The van der Waals surface area contributed by atoms with Gasteiger partial charge >= 0.3 is 0 Å². The summed E-state index contributed by atoms with van der Waals surface area (Å²) < 4.78 is 5.64. The summed E-state index contributed by atoms with van der Waals surface area (Å²) >= 11 is 0. The Morgan fingerprint density at radius 3 is 1.98 bits per heavy atom. The van der Waals surface area contributed by atoms with E-state index in [0.717, 1.165) is 28.5 Å². The molecule has 0 aliphatic heterocycles. The molecule has 6 atom stereocenters. The normalized spacial score (nSPS) is 31.4. The number of hydrogen-bond donors (Lipinski definition) is 2. The smallest absolute Gasteiger partial charge is 0.0626 e. The van der Waals surface area contributed by atoms with Gasteiger partial charge in [0.15, 0.2) is 0 Å². The van der Waals surface area contributed by atoms with Crippen LogP contribution in [0.25, 0.3) is 22.4 Å². The van der Waals surface area contributed by atoms with Crippen molar-refractivity contribution in [2.75, 3.05) is 0 Å². The molecular weight excluding hydrogens is 675 g/mol. The van der Waals surface area contributed by atoms with Crippen LogP contribution >= 0.6 is 0 Å². The van der Waals surface area contributed by atoms with Crippen molar-refractivity contribution in [3.8, 4) is 11.5 Å². The molecule has 2 heterocycles. The first-order valence-electron chi connectivity index (χ1n) is 15.9. The SMILES string of the molecule is OC1C2C(CCC[C@@H]1C1CCCCC1)C[C@H](C1CCCCC1)C2O.[Ir].[c-]1c(-c2ccccn2)oc2ccccc12. The number of hydrogen-bond acceptors (Lipinski definition) is 4. The number of furan rings is 1. The van der Waals surface area contributed by atoms with Crippen molar-refractivity contribution in [2.45, 2.75) is 102 Å². The van der Waals surface area contributed by atoms with E-state index in [-0.39, 0.29) is 38.2 Å². The zero-order valence-corrected chi connectivity index (χ0v) is 26.1. The molecule has 4 nitrogen and oxygen atoms in total. The van der Waals surface area contributed by atoms with Crippen LogP contribution in [0.5, 0.6) is 0 Å². The van der Waals surface area contributed by atoms with Crippen LogP contribution in [0.15, 0.2) is 53.1 Å². The van der Waals surface area contributed by atoms with Crippen molar-refractivity contribution in [1.82, 2.24) is 4.98 Å². The maximum absolute atomic E-state index is 11.3. The zero-order chi connectivity index (χ0) is 26.6. The number of para-hydroxylation sites is 1. The van der Waals surface area contributed by atoms with Crippen LogP contribution in [-0.2, 0) is 20.1 Å². The number of nitrogens with zero attached hydrogens (tertiary/aromatic N) is 1. The fourth-order valence-electron chi connectivity index (χ4n) is 8.71. The topological polar surface area (TPSA) is 66.5 Å². The van der Waals surface area contributed by atoms with Gasteiger partial charge in [0, 0.05) is 43.5 Å². The fraction of sp³-hybridized carbons (Fsp3) is 0.629. The number of aliphatic hydroxyl groups is 2. The summed E-state index contributed by atoms with van der Waals surface area (Å²) in [6.07, 6.45) is 19.7. The molecule has 4 unspecified atom stereocenters. The summed E-state index contributed by atoms with van der Waals surface area (Å²) in [6, 6.07) is 16.7. The Morgan fingerprint density at radius 1 is 0.675 bits per heavy atom. The molecule has 2 N–H and O–H groups in total. The second-order valence-corrected chi connectivity index (χ2v) is 12.9. The van der Waals surface area contributed by atoms with Crippen molar-refractivity contribution >= 4 is 11.0 Å². The zero-order valence-electron chi connectivity index (χ0n) is 23.7. The van der Waals surface area contributed by atoms with Crippen LogP contribution < -0.4 is 0 Å². The summed E-state index contributed by atoms with van der Waals surface area (Å²) in [7, 11) is 0. The van der Waals surface area contributed by atoms with Crippen LogP contribution in [0.3, 0.4) is 0 Å². The maximum Gasteiger partial charge on any atom is 0.0626 e. The van der Waals surface area contributed by atoms with Gasteiger partial charge in [-0.1, -0.05) is 101 Å². The predicted molar refractivity (Wildman–Crippen MR) is 156 cm³/mol. The van der Waals surface area contributed by atoms with Gasteiger partial charge in [0.25, 0.3) is 0 Å². The molecule has 1 aromatic carbocycles. The summed E-state index contributed by atoms with van der Waals surface area (Å²) in [5, 5.41) is 23.5. The summed E-state index contributed by atoms with van der Waals surface area (Å²) in [6.45, 7) is 0. The van der Waals surface area contributed by atoms with E-state index in [1.807, 2.05) is 42.5 Å². The largest absolute Gasteiger partial charge is 0.518 e. The third kappa shape index (κ3) is 6.59. The van der Waals surface area contributed by atoms with Gasteiger partial charge in [-0.15, -0.1) is 17.5 Å². The molecule has 40 heavy (non-hydrogen) atoms. The maximum atomic E-state index is 11.3. The summed E-state index contributed by atoms with van der Waals surface area (Å²) in [5.41, 5.74) is 1.66. The molecule has 4 saturated carbocycles. The average molecular weight is 721 g/mol. The molecule has 0 saturated heterocycles. The first-order valence-corrected chi connectivity index (χ1v) is 15.9. The van der Waals surface area contributed by atoms with E-state index in [9.17, 15) is 10.2 Å². The summed E-state index contributed by atoms with van der Waals surface area (Å²) in [4.78, 5) is 4.22. The standard InChI is InChI=1S/C22H38O2.C13H8NO.Ir/c23-21-18(15-8-3-1-4-9-15)13-7-12-17-14-19(22(24)20(17)21)16-10-5-2-6-11-16;1-2-7-12-10(5-1)9-13(15-12)11-6-3-4-8-14-11;/h15-24H,1-14H2;1-8H;/q;-1;/t17?,18-,19-,20?,21?,22?;;/m1../s1. The molecule has 2 aromatic heterocycles. The van der Waals surface area contributed by atoms with Crippen molar-refractivity contribution in [3.63, 3.8) is 0 Å². The molecule has 0 amide bonds. The van der Waals surface area contributed by atoms with Crippen molar-refractivity contribution in [2.24, 2.45) is 35.5 Å². The van der Waals surface area contributed by atoms with Crippen molar-refractivity contribution in [3.05, 3.63) is 54.7 Å². The van der Waals surface area contributed by atoms with E-state index in [2.05, 4.69) is 11.1 Å². The van der Waals surface area contributed by atoms with E-state index < -0.39 is 0 Å². The minimum absolute atomic E-state index is 0. The van der Waals surface area contributed by atoms with Gasteiger partial charge in [0.05, 0.1) is 18.0 Å². The van der Waals surface area contributed by atoms with Gasteiger partial charge in [-0.25, -0.2) is 0 Å². The Morgan fingerprint density at radius 2 is 1.30 bits per heavy atom. The number of pyridine rings is 1. The van der Waals surface area contributed by atoms with E-state index in [4.69, 9.17) is 4.42 Å². The van der Waals surface area contributed by atoms with Crippen LogP contribution in [0, 0.1) is 41.6 Å². The molecule has 4 fully saturated rings. The number of benzene rings is 1. The minimum Gasteiger partial charge on any atom is -0.518 e. The molecule has 5 heteroatoms. The van der Waals surface area contributed by atoms with Crippen molar-refractivity contribution in [1.29, 1.82) is 0 Å².